The van der Waals surface area contributed by atoms with Gasteiger partial charge in [-0.15, -0.1) is 11.3 Å². The number of amides is 2. The molecule has 0 bridgehead atoms. The molecule has 3 aromatic rings. The molecule has 1 aliphatic heterocycles. The van der Waals surface area contributed by atoms with Crippen LogP contribution >= 0.6 is 22.9 Å². The van der Waals surface area contributed by atoms with Crippen molar-refractivity contribution in [3.05, 3.63) is 57.4 Å². The number of hydrogen-bond donors (Lipinski definition) is 1. The number of nitrogens with zero attached hydrogens (tertiary/aromatic N) is 2. The van der Waals surface area contributed by atoms with Gasteiger partial charge in [-0.2, -0.15) is 0 Å². The van der Waals surface area contributed by atoms with Crippen LogP contribution in [-0.2, 0) is 9.59 Å². The zero-order valence-electron chi connectivity index (χ0n) is 16.7. The van der Waals surface area contributed by atoms with Crippen molar-refractivity contribution in [3.8, 4) is 17.0 Å². The summed E-state index contributed by atoms with van der Waals surface area (Å²) >= 11 is 7.71. The Labute approximate surface area is 183 Å². The summed E-state index contributed by atoms with van der Waals surface area (Å²) in [6.45, 7) is 5.41. The van der Waals surface area contributed by atoms with E-state index in [0.717, 1.165) is 21.8 Å². The van der Waals surface area contributed by atoms with Crippen LogP contribution in [0.3, 0.4) is 0 Å². The highest BCUT2D eigenvalue weighted by molar-refractivity contribution is 7.09. The lowest BCUT2D eigenvalue weighted by Gasteiger charge is -2.33. The largest absolute Gasteiger partial charge is 0.482 e. The number of aromatic nitrogens is 1. The quantitative estimate of drug-likeness (QED) is 0.629. The van der Waals surface area contributed by atoms with E-state index in [1.807, 2.05) is 43.5 Å². The number of hydrogen-bond acceptors (Lipinski definition) is 5. The summed E-state index contributed by atoms with van der Waals surface area (Å²) in [5.41, 5.74) is 3.74. The van der Waals surface area contributed by atoms with Crippen LogP contribution in [-0.4, -0.2) is 29.4 Å². The normalized spacial score (nSPS) is 14.1. The van der Waals surface area contributed by atoms with Crippen molar-refractivity contribution in [2.45, 2.75) is 26.8 Å². The number of thiazole rings is 1. The molecule has 0 aliphatic carbocycles. The number of carbonyl (C=O) groups is 2. The molecule has 8 heteroatoms. The average Bonchev–Trinajstić information content (AvgIpc) is 3.16. The Bertz CT molecular complexity index is 1140. The molecule has 154 valence electrons. The molecule has 30 heavy (non-hydrogen) atoms. The molecule has 1 atom stereocenters. The van der Waals surface area contributed by atoms with Gasteiger partial charge in [0.2, 0.25) is 5.91 Å². The SMILES string of the molecule is Cc1nc(-c2ccc3c(c2)N(C(C)C(=O)Nc2ccc(C)c(Cl)c2)C(=O)CO3)cs1. The Hall–Kier alpha value is -2.90. The van der Waals surface area contributed by atoms with Gasteiger partial charge in [-0.05, 0) is 56.7 Å². The third kappa shape index (κ3) is 3.91. The van der Waals surface area contributed by atoms with E-state index in [9.17, 15) is 9.59 Å². The fourth-order valence-electron chi connectivity index (χ4n) is 3.29. The number of aryl methyl sites for hydroxylation is 2. The molecule has 2 heterocycles. The fraction of sp³-hybridized carbons (Fsp3) is 0.227. The first-order valence-electron chi connectivity index (χ1n) is 9.42. The van der Waals surface area contributed by atoms with E-state index >= 15 is 0 Å². The highest BCUT2D eigenvalue weighted by Gasteiger charge is 2.33. The third-order valence-corrected chi connectivity index (χ3v) is 6.14. The van der Waals surface area contributed by atoms with Gasteiger partial charge in [0.25, 0.3) is 5.91 Å². The van der Waals surface area contributed by atoms with E-state index in [2.05, 4.69) is 10.3 Å². The highest BCUT2D eigenvalue weighted by atomic mass is 35.5. The molecule has 2 aromatic carbocycles. The number of ether oxygens (including phenoxy) is 1. The monoisotopic (exact) mass is 441 g/mol. The zero-order valence-corrected chi connectivity index (χ0v) is 18.3. The second-order valence-electron chi connectivity index (χ2n) is 7.12. The molecule has 4 rings (SSSR count). The van der Waals surface area contributed by atoms with Gasteiger partial charge in [0.05, 0.1) is 16.4 Å². The van der Waals surface area contributed by atoms with E-state index in [0.29, 0.717) is 22.1 Å². The molecule has 0 saturated carbocycles. The summed E-state index contributed by atoms with van der Waals surface area (Å²) in [4.78, 5) is 31.6. The smallest absolute Gasteiger partial charge is 0.265 e. The standard InChI is InChI=1S/C22H20ClN3O3S/c1-12-4-6-16(9-17(12)23)25-22(28)13(2)26-19-8-15(18-11-30-14(3)24-18)5-7-20(19)29-10-21(26)27/h4-9,11,13H,10H2,1-3H3,(H,25,28). The van der Waals surface area contributed by atoms with Gasteiger partial charge in [-0.1, -0.05) is 17.7 Å². The van der Waals surface area contributed by atoms with Crippen LogP contribution in [0.25, 0.3) is 11.3 Å². The number of nitrogens with one attached hydrogen (secondary N) is 1. The molecule has 0 radical (unpaired) electrons. The number of benzene rings is 2. The zero-order chi connectivity index (χ0) is 21.4. The summed E-state index contributed by atoms with van der Waals surface area (Å²) in [6.07, 6.45) is 0. The van der Waals surface area contributed by atoms with Crippen molar-refractivity contribution >= 4 is 46.1 Å². The first-order valence-corrected chi connectivity index (χ1v) is 10.7. The first-order chi connectivity index (χ1) is 14.3. The van der Waals surface area contributed by atoms with Crippen LogP contribution in [0.1, 0.15) is 17.5 Å². The van der Waals surface area contributed by atoms with Crippen molar-refractivity contribution in [2.75, 3.05) is 16.8 Å². The van der Waals surface area contributed by atoms with Crippen molar-refractivity contribution in [3.63, 3.8) is 0 Å². The van der Waals surface area contributed by atoms with E-state index < -0.39 is 6.04 Å². The number of carbonyl (C=O) groups excluding carboxylic acids is 2. The van der Waals surface area contributed by atoms with Gasteiger partial charge in [-0.3, -0.25) is 14.5 Å². The topological polar surface area (TPSA) is 71.5 Å². The van der Waals surface area contributed by atoms with Crippen LogP contribution in [0.5, 0.6) is 5.75 Å². The van der Waals surface area contributed by atoms with Gasteiger partial charge >= 0.3 is 0 Å². The molecular formula is C22H20ClN3O3S. The minimum atomic E-state index is -0.743. The minimum absolute atomic E-state index is 0.115. The predicted octanol–water partition coefficient (Wildman–Crippen LogP) is 4.83. The van der Waals surface area contributed by atoms with Crippen LogP contribution in [0, 0.1) is 13.8 Å². The molecule has 1 unspecified atom stereocenters. The Morgan fingerprint density at radius 2 is 2.07 bits per heavy atom. The first kappa shape index (κ1) is 20.4. The number of anilines is 2. The maximum Gasteiger partial charge on any atom is 0.265 e. The van der Waals surface area contributed by atoms with Crippen molar-refractivity contribution in [2.24, 2.45) is 0 Å². The molecule has 1 aliphatic rings. The second-order valence-corrected chi connectivity index (χ2v) is 8.59. The van der Waals surface area contributed by atoms with Crippen LogP contribution in [0.4, 0.5) is 11.4 Å². The maximum absolute atomic E-state index is 12.9. The molecule has 0 saturated heterocycles. The Balaban J connectivity index is 1.64. The fourth-order valence-corrected chi connectivity index (χ4v) is 4.09. The summed E-state index contributed by atoms with van der Waals surface area (Å²) in [5, 5.41) is 6.32. The van der Waals surface area contributed by atoms with Crippen molar-refractivity contribution in [1.29, 1.82) is 0 Å². The molecule has 2 amide bonds. The third-order valence-electron chi connectivity index (χ3n) is 4.96. The predicted molar refractivity (Wildman–Crippen MR) is 120 cm³/mol. The molecule has 6 nitrogen and oxygen atoms in total. The summed E-state index contributed by atoms with van der Waals surface area (Å²) in [5.74, 6) is -0.0342. The Kier molecular flexibility index (Phi) is 5.49. The van der Waals surface area contributed by atoms with Gasteiger partial charge in [0, 0.05) is 21.7 Å². The van der Waals surface area contributed by atoms with E-state index in [-0.39, 0.29) is 18.4 Å². The van der Waals surface area contributed by atoms with Gasteiger partial charge in [0.15, 0.2) is 6.61 Å². The number of fused-ring (bicyclic) bond motifs is 1. The van der Waals surface area contributed by atoms with Gasteiger partial charge in [0.1, 0.15) is 11.8 Å². The van der Waals surface area contributed by atoms with Gasteiger partial charge < -0.3 is 10.1 Å². The molecule has 0 fully saturated rings. The van der Waals surface area contributed by atoms with Crippen molar-refractivity contribution < 1.29 is 14.3 Å². The van der Waals surface area contributed by atoms with Crippen LogP contribution < -0.4 is 15.0 Å². The van der Waals surface area contributed by atoms with Crippen LogP contribution in [0.2, 0.25) is 5.02 Å². The molecule has 1 N–H and O–H groups in total. The lowest BCUT2D eigenvalue weighted by molar-refractivity contribution is -0.125. The Morgan fingerprint density at radius 1 is 1.27 bits per heavy atom. The average molecular weight is 442 g/mol. The Morgan fingerprint density at radius 3 is 2.77 bits per heavy atom. The lowest BCUT2D eigenvalue weighted by atomic mass is 10.1. The summed E-state index contributed by atoms with van der Waals surface area (Å²) in [6, 6.07) is 10.1. The number of rotatable bonds is 4. The highest BCUT2D eigenvalue weighted by Crippen LogP contribution is 2.37. The number of halogens is 1. The van der Waals surface area contributed by atoms with E-state index in [4.69, 9.17) is 16.3 Å². The molecular weight excluding hydrogens is 422 g/mol. The molecule has 0 spiro atoms. The summed E-state index contributed by atoms with van der Waals surface area (Å²) < 4.78 is 5.58. The maximum atomic E-state index is 12.9. The van der Waals surface area contributed by atoms with Crippen molar-refractivity contribution in [1.82, 2.24) is 4.98 Å². The van der Waals surface area contributed by atoms with Gasteiger partial charge in [-0.25, -0.2) is 4.98 Å². The minimum Gasteiger partial charge on any atom is -0.482 e. The van der Waals surface area contributed by atoms with Crippen LogP contribution in [0.15, 0.2) is 41.8 Å². The second kappa shape index (κ2) is 8.08. The lowest BCUT2D eigenvalue weighted by Crippen LogP contribution is -2.49. The van der Waals surface area contributed by atoms with E-state index in [1.165, 1.54) is 4.90 Å². The van der Waals surface area contributed by atoms with E-state index in [1.54, 1.807) is 30.4 Å². The summed E-state index contributed by atoms with van der Waals surface area (Å²) in [7, 11) is 0. The molecule has 1 aromatic heterocycles.